The molecule has 0 fully saturated rings. The van der Waals surface area contributed by atoms with E-state index in [-0.39, 0.29) is 19.6 Å². The van der Waals surface area contributed by atoms with E-state index in [1.165, 1.54) is 14.2 Å². The van der Waals surface area contributed by atoms with Crippen LogP contribution in [-0.2, 0) is 4.79 Å². The number of carbonyl (C=O) groups is 2. The van der Waals surface area contributed by atoms with Gasteiger partial charge in [-0.1, -0.05) is 6.92 Å². The molecule has 1 atom stereocenters. The number of nitrogens with one attached hydrogen (secondary N) is 2. The number of urea groups is 1. The Bertz CT molecular complexity index is 563. The Morgan fingerprint density at radius 2 is 1.87 bits per heavy atom. The summed E-state index contributed by atoms with van der Waals surface area (Å²) < 4.78 is 10.2. The number of aliphatic hydroxyl groups excluding tert-OH is 1. The van der Waals surface area contributed by atoms with Crippen LogP contribution in [0.4, 0.5) is 10.5 Å². The maximum atomic E-state index is 11.9. The molecule has 1 aromatic carbocycles. The lowest BCUT2D eigenvalue weighted by molar-refractivity contribution is -0.140. The van der Waals surface area contributed by atoms with Crippen LogP contribution >= 0.6 is 0 Å². The van der Waals surface area contributed by atoms with Crippen LogP contribution in [0.3, 0.4) is 0 Å². The van der Waals surface area contributed by atoms with E-state index >= 15 is 0 Å². The van der Waals surface area contributed by atoms with E-state index in [2.05, 4.69) is 10.6 Å². The second-order valence-corrected chi connectivity index (χ2v) is 5.42. The minimum Gasteiger partial charge on any atom is -0.493 e. The second kappa shape index (κ2) is 8.23. The summed E-state index contributed by atoms with van der Waals surface area (Å²) in [6, 6.07) is 4.38. The molecule has 23 heavy (non-hydrogen) atoms. The van der Waals surface area contributed by atoms with Crippen LogP contribution in [0.25, 0.3) is 0 Å². The van der Waals surface area contributed by atoms with Crippen molar-refractivity contribution in [3.63, 3.8) is 0 Å². The van der Waals surface area contributed by atoms with Gasteiger partial charge in [-0.05, 0) is 12.1 Å². The number of carbonyl (C=O) groups excluding carboxylic acids is 1. The summed E-state index contributed by atoms with van der Waals surface area (Å²) in [5.74, 6) is -0.0344. The molecule has 8 heteroatoms. The number of hydrogen-bond acceptors (Lipinski definition) is 5. The van der Waals surface area contributed by atoms with Gasteiger partial charge in [0.1, 0.15) is 0 Å². The zero-order chi connectivity index (χ0) is 17.5. The lowest BCUT2D eigenvalue weighted by atomic mass is 9.88. The number of rotatable bonds is 8. The Morgan fingerprint density at radius 3 is 2.39 bits per heavy atom. The average Bonchev–Trinajstić information content (AvgIpc) is 2.52. The van der Waals surface area contributed by atoms with Crippen molar-refractivity contribution in [1.82, 2.24) is 5.32 Å². The van der Waals surface area contributed by atoms with E-state index in [0.29, 0.717) is 17.2 Å². The number of hydrogen-bond donors (Lipinski definition) is 4. The van der Waals surface area contributed by atoms with Gasteiger partial charge in [-0.25, -0.2) is 4.79 Å². The molecule has 4 N–H and O–H groups in total. The van der Waals surface area contributed by atoms with Crippen molar-refractivity contribution in [1.29, 1.82) is 0 Å². The molecule has 0 bridgehead atoms. The van der Waals surface area contributed by atoms with Crippen LogP contribution in [0.2, 0.25) is 0 Å². The summed E-state index contributed by atoms with van der Waals surface area (Å²) in [7, 11) is 3.00. The SMILES string of the molecule is COc1ccc(NC(=O)NCC(C)(CO)CC(=O)O)cc1OC. The monoisotopic (exact) mass is 326 g/mol. The van der Waals surface area contributed by atoms with Crippen LogP contribution in [0.15, 0.2) is 18.2 Å². The number of anilines is 1. The van der Waals surface area contributed by atoms with Crippen LogP contribution in [-0.4, -0.2) is 49.6 Å². The van der Waals surface area contributed by atoms with Crippen LogP contribution in [0.5, 0.6) is 11.5 Å². The molecule has 0 aliphatic carbocycles. The first-order valence-electron chi connectivity index (χ1n) is 6.93. The first kappa shape index (κ1) is 18.6. The summed E-state index contributed by atoms with van der Waals surface area (Å²) in [5.41, 5.74) is -0.440. The smallest absolute Gasteiger partial charge is 0.319 e. The van der Waals surface area contributed by atoms with Gasteiger partial charge in [0, 0.05) is 23.7 Å². The van der Waals surface area contributed by atoms with Gasteiger partial charge in [-0.3, -0.25) is 4.79 Å². The van der Waals surface area contributed by atoms with Crippen molar-refractivity contribution in [2.75, 3.05) is 32.7 Å². The average molecular weight is 326 g/mol. The van der Waals surface area contributed by atoms with E-state index in [1.807, 2.05) is 0 Å². The zero-order valence-electron chi connectivity index (χ0n) is 13.4. The van der Waals surface area contributed by atoms with E-state index in [0.717, 1.165) is 0 Å². The van der Waals surface area contributed by atoms with Gasteiger partial charge in [-0.2, -0.15) is 0 Å². The van der Waals surface area contributed by atoms with Gasteiger partial charge < -0.3 is 30.3 Å². The Labute approximate surface area is 134 Å². The van der Waals surface area contributed by atoms with Gasteiger partial charge in [-0.15, -0.1) is 0 Å². The van der Waals surface area contributed by atoms with Crippen molar-refractivity contribution >= 4 is 17.7 Å². The predicted octanol–water partition coefficient (Wildman–Crippen LogP) is 1.30. The normalized spacial score (nSPS) is 12.9. The van der Waals surface area contributed by atoms with Crippen molar-refractivity contribution in [3.8, 4) is 11.5 Å². The molecule has 0 heterocycles. The van der Waals surface area contributed by atoms with E-state index < -0.39 is 17.4 Å². The van der Waals surface area contributed by atoms with E-state index in [4.69, 9.17) is 14.6 Å². The van der Waals surface area contributed by atoms with Crippen LogP contribution < -0.4 is 20.1 Å². The molecular formula is C15H22N2O6. The standard InChI is InChI=1S/C15H22N2O6/c1-15(9-18,7-13(19)20)8-16-14(21)17-10-4-5-11(22-2)12(6-10)23-3/h4-6,18H,7-9H2,1-3H3,(H,19,20)(H2,16,17,21). The summed E-state index contributed by atoms with van der Waals surface area (Å²) >= 11 is 0. The first-order chi connectivity index (χ1) is 10.8. The maximum Gasteiger partial charge on any atom is 0.319 e. The molecule has 0 aliphatic heterocycles. The van der Waals surface area contributed by atoms with Gasteiger partial charge in [0.2, 0.25) is 0 Å². The molecule has 1 unspecified atom stereocenters. The molecule has 0 aromatic heterocycles. The molecule has 0 spiro atoms. The molecule has 8 nitrogen and oxygen atoms in total. The molecule has 0 aliphatic rings. The van der Waals surface area contributed by atoms with E-state index in [9.17, 15) is 14.7 Å². The third-order valence-corrected chi connectivity index (χ3v) is 3.28. The van der Waals surface area contributed by atoms with Gasteiger partial charge in [0.05, 0.1) is 27.2 Å². The highest BCUT2D eigenvalue weighted by Crippen LogP contribution is 2.29. The number of carboxylic acids is 1. The Morgan fingerprint density at radius 1 is 1.22 bits per heavy atom. The number of ether oxygens (including phenoxy) is 2. The fourth-order valence-electron chi connectivity index (χ4n) is 1.92. The quantitative estimate of drug-likeness (QED) is 0.572. The molecule has 0 radical (unpaired) electrons. The lowest BCUT2D eigenvalue weighted by Gasteiger charge is -2.25. The molecule has 0 saturated heterocycles. The summed E-state index contributed by atoms with van der Waals surface area (Å²) in [6.45, 7) is 1.25. The molecule has 1 aromatic rings. The highest BCUT2D eigenvalue weighted by molar-refractivity contribution is 5.89. The van der Waals surface area contributed by atoms with Crippen molar-refractivity contribution < 1.29 is 29.3 Å². The molecule has 0 saturated carbocycles. The lowest BCUT2D eigenvalue weighted by Crippen LogP contribution is -2.41. The highest BCUT2D eigenvalue weighted by Gasteiger charge is 2.27. The largest absolute Gasteiger partial charge is 0.493 e. The third-order valence-electron chi connectivity index (χ3n) is 3.28. The summed E-state index contributed by atoms with van der Waals surface area (Å²) in [4.78, 5) is 22.7. The van der Waals surface area contributed by atoms with Crippen molar-refractivity contribution in [2.24, 2.45) is 5.41 Å². The number of benzene rings is 1. The minimum absolute atomic E-state index is 0.0227. The number of aliphatic carboxylic acids is 1. The van der Waals surface area contributed by atoms with Crippen molar-refractivity contribution in [2.45, 2.75) is 13.3 Å². The second-order valence-electron chi connectivity index (χ2n) is 5.42. The molecular weight excluding hydrogens is 304 g/mol. The Kier molecular flexibility index (Phi) is 6.65. The minimum atomic E-state index is -1.04. The molecule has 128 valence electrons. The van der Waals surface area contributed by atoms with Crippen molar-refractivity contribution in [3.05, 3.63) is 18.2 Å². The predicted molar refractivity (Wildman–Crippen MR) is 84.0 cm³/mol. The number of aliphatic hydroxyl groups is 1. The topological polar surface area (TPSA) is 117 Å². The number of amides is 2. The zero-order valence-corrected chi connectivity index (χ0v) is 13.4. The summed E-state index contributed by atoms with van der Waals surface area (Å²) in [5, 5.41) is 23.3. The Hall–Kier alpha value is -2.48. The molecule has 2 amide bonds. The Balaban J connectivity index is 2.64. The number of methoxy groups -OCH3 is 2. The highest BCUT2D eigenvalue weighted by atomic mass is 16.5. The summed E-state index contributed by atoms with van der Waals surface area (Å²) in [6.07, 6.45) is -0.250. The molecule has 1 rings (SSSR count). The van der Waals surface area contributed by atoms with Gasteiger partial charge in [0.25, 0.3) is 0 Å². The van der Waals surface area contributed by atoms with Crippen LogP contribution in [0.1, 0.15) is 13.3 Å². The first-order valence-corrected chi connectivity index (χ1v) is 6.93. The fraction of sp³-hybridized carbons (Fsp3) is 0.467. The maximum absolute atomic E-state index is 11.9. The third kappa shape index (κ3) is 5.67. The fourth-order valence-corrected chi connectivity index (χ4v) is 1.92. The van der Waals surface area contributed by atoms with Crippen LogP contribution in [0, 0.1) is 5.41 Å². The van der Waals surface area contributed by atoms with Gasteiger partial charge in [0.15, 0.2) is 11.5 Å². The van der Waals surface area contributed by atoms with Gasteiger partial charge >= 0.3 is 12.0 Å². The van der Waals surface area contributed by atoms with E-state index in [1.54, 1.807) is 25.1 Å². The number of carboxylic acid groups (broad SMARTS) is 1.